The number of hydrogen-bond acceptors (Lipinski definition) is 2. The Morgan fingerprint density at radius 3 is 2.85 bits per heavy atom. The van der Waals surface area contributed by atoms with Gasteiger partial charge in [-0.3, -0.25) is 4.90 Å². The largest absolute Gasteiger partial charge is 0.361 e. The third kappa shape index (κ3) is 1.54. The number of aryl methyl sites for hydroxylation is 1. The monoisotopic (exact) mass is 270 g/mol. The first-order chi connectivity index (χ1) is 9.68. The Morgan fingerprint density at radius 2 is 2.05 bits per heavy atom. The van der Waals surface area contributed by atoms with Gasteiger partial charge in [0.1, 0.15) is 6.23 Å². The number of aromatic nitrogens is 1. The van der Waals surface area contributed by atoms with Crippen molar-refractivity contribution in [3.05, 3.63) is 35.5 Å². The van der Waals surface area contributed by atoms with Gasteiger partial charge in [0.15, 0.2) is 0 Å². The molecule has 1 saturated heterocycles. The van der Waals surface area contributed by atoms with E-state index in [4.69, 9.17) is 4.74 Å². The van der Waals surface area contributed by atoms with Gasteiger partial charge in [-0.2, -0.15) is 0 Å². The molecule has 0 N–H and O–H groups in total. The van der Waals surface area contributed by atoms with Crippen molar-refractivity contribution in [3.8, 4) is 0 Å². The zero-order valence-electron chi connectivity index (χ0n) is 12.5. The van der Waals surface area contributed by atoms with Crippen molar-refractivity contribution in [1.29, 1.82) is 0 Å². The van der Waals surface area contributed by atoms with Gasteiger partial charge in [0.2, 0.25) is 0 Å². The standard InChI is InChI=1S/C17H22N2O/c1-11(2)17-19-9-8-13-12-6-4-5-7-14(12)18(3)16(13)15(19)10-20-17/h4-7,11,15,17H,8-10H2,1-3H3. The summed E-state index contributed by atoms with van der Waals surface area (Å²) in [5, 5.41) is 1.43. The second-order valence-electron chi connectivity index (χ2n) is 6.41. The maximum absolute atomic E-state index is 6.08. The van der Waals surface area contributed by atoms with Gasteiger partial charge < -0.3 is 9.30 Å². The Hall–Kier alpha value is -1.32. The normalized spacial score (nSPS) is 26.2. The van der Waals surface area contributed by atoms with E-state index in [0.29, 0.717) is 12.0 Å². The zero-order valence-corrected chi connectivity index (χ0v) is 12.5. The number of ether oxygens (including phenoxy) is 1. The summed E-state index contributed by atoms with van der Waals surface area (Å²) >= 11 is 0. The Labute approximate surface area is 120 Å². The lowest BCUT2D eigenvalue weighted by atomic mass is 9.97. The fraction of sp³-hybridized carbons (Fsp3) is 0.529. The molecule has 0 bridgehead atoms. The average molecular weight is 270 g/mol. The van der Waals surface area contributed by atoms with E-state index in [1.54, 1.807) is 0 Å². The van der Waals surface area contributed by atoms with Gasteiger partial charge >= 0.3 is 0 Å². The Kier molecular flexibility index (Phi) is 2.69. The molecule has 1 aromatic heterocycles. The zero-order chi connectivity index (χ0) is 13.9. The minimum absolute atomic E-state index is 0.283. The molecule has 0 amide bonds. The summed E-state index contributed by atoms with van der Waals surface area (Å²) in [4.78, 5) is 2.56. The molecule has 0 saturated carbocycles. The maximum Gasteiger partial charge on any atom is 0.113 e. The van der Waals surface area contributed by atoms with Crippen LogP contribution >= 0.6 is 0 Å². The van der Waals surface area contributed by atoms with Crippen LogP contribution in [0, 0.1) is 5.92 Å². The number of nitrogens with zero attached hydrogens (tertiary/aromatic N) is 2. The number of para-hydroxylation sites is 1. The van der Waals surface area contributed by atoms with Gasteiger partial charge in [0.05, 0.1) is 12.6 Å². The highest BCUT2D eigenvalue weighted by atomic mass is 16.5. The molecule has 20 heavy (non-hydrogen) atoms. The second kappa shape index (κ2) is 4.34. The first-order valence-electron chi connectivity index (χ1n) is 7.62. The van der Waals surface area contributed by atoms with Gasteiger partial charge in [-0.05, 0) is 24.0 Å². The Morgan fingerprint density at radius 1 is 1.25 bits per heavy atom. The van der Waals surface area contributed by atoms with Crippen LogP contribution in [0.25, 0.3) is 10.9 Å². The molecule has 0 radical (unpaired) electrons. The van der Waals surface area contributed by atoms with Gasteiger partial charge in [-0.1, -0.05) is 32.0 Å². The lowest BCUT2D eigenvalue weighted by Gasteiger charge is -2.34. The topological polar surface area (TPSA) is 17.4 Å². The van der Waals surface area contributed by atoms with E-state index < -0.39 is 0 Å². The summed E-state index contributed by atoms with van der Waals surface area (Å²) in [5.74, 6) is 0.552. The molecule has 0 aliphatic carbocycles. The number of hydrogen-bond donors (Lipinski definition) is 0. The van der Waals surface area contributed by atoms with E-state index in [1.807, 2.05) is 0 Å². The van der Waals surface area contributed by atoms with Crippen molar-refractivity contribution in [2.45, 2.75) is 32.5 Å². The van der Waals surface area contributed by atoms with Crippen LogP contribution in [-0.2, 0) is 18.2 Å². The molecule has 4 rings (SSSR count). The molecule has 0 spiro atoms. The quantitative estimate of drug-likeness (QED) is 0.792. The van der Waals surface area contributed by atoms with Crippen LogP contribution in [0.4, 0.5) is 0 Å². The van der Waals surface area contributed by atoms with Crippen LogP contribution in [-0.4, -0.2) is 28.8 Å². The van der Waals surface area contributed by atoms with Crippen molar-refractivity contribution in [1.82, 2.24) is 9.47 Å². The molecule has 106 valence electrons. The van der Waals surface area contributed by atoms with Gasteiger partial charge in [0.25, 0.3) is 0 Å². The molecule has 3 heterocycles. The lowest BCUT2D eigenvalue weighted by molar-refractivity contribution is -0.00631. The predicted molar refractivity (Wildman–Crippen MR) is 80.6 cm³/mol. The first-order valence-corrected chi connectivity index (χ1v) is 7.62. The molecule has 2 atom stereocenters. The molecule has 3 heteroatoms. The Bertz CT molecular complexity index is 658. The summed E-state index contributed by atoms with van der Waals surface area (Å²) in [7, 11) is 2.20. The molecule has 1 aromatic carbocycles. The Balaban J connectivity index is 1.86. The van der Waals surface area contributed by atoms with Gasteiger partial charge in [0, 0.05) is 30.2 Å². The maximum atomic E-state index is 6.08. The number of rotatable bonds is 1. The van der Waals surface area contributed by atoms with Crippen molar-refractivity contribution in [2.75, 3.05) is 13.2 Å². The number of benzene rings is 1. The molecular formula is C17H22N2O. The highest BCUT2D eigenvalue weighted by molar-refractivity contribution is 5.86. The van der Waals surface area contributed by atoms with Crippen LogP contribution in [0.3, 0.4) is 0 Å². The van der Waals surface area contributed by atoms with Gasteiger partial charge in [-0.15, -0.1) is 0 Å². The molecular weight excluding hydrogens is 248 g/mol. The average Bonchev–Trinajstić information content (AvgIpc) is 3.00. The van der Waals surface area contributed by atoms with Crippen molar-refractivity contribution >= 4 is 10.9 Å². The van der Waals surface area contributed by atoms with E-state index in [2.05, 4.69) is 54.6 Å². The van der Waals surface area contributed by atoms with Crippen molar-refractivity contribution < 1.29 is 4.74 Å². The van der Waals surface area contributed by atoms with E-state index in [0.717, 1.165) is 19.6 Å². The SMILES string of the molecule is CC(C)C1OCC2c3c(c4ccccc4n3C)CCN21. The second-order valence-corrected chi connectivity index (χ2v) is 6.41. The predicted octanol–water partition coefficient (Wildman–Crippen LogP) is 3.09. The van der Waals surface area contributed by atoms with E-state index in [1.165, 1.54) is 22.2 Å². The summed E-state index contributed by atoms with van der Waals surface area (Å²) in [5.41, 5.74) is 4.37. The molecule has 3 nitrogen and oxygen atoms in total. The van der Waals surface area contributed by atoms with Crippen molar-refractivity contribution in [3.63, 3.8) is 0 Å². The summed E-state index contributed by atoms with van der Waals surface area (Å²) in [6.45, 7) is 6.46. The van der Waals surface area contributed by atoms with E-state index in [9.17, 15) is 0 Å². The minimum atomic E-state index is 0.283. The smallest absolute Gasteiger partial charge is 0.113 e. The van der Waals surface area contributed by atoms with Crippen LogP contribution in [0.15, 0.2) is 24.3 Å². The van der Waals surface area contributed by atoms with Crippen LogP contribution < -0.4 is 0 Å². The van der Waals surface area contributed by atoms with E-state index in [-0.39, 0.29) is 6.23 Å². The molecule has 2 aromatic rings. The first kappa shape index (κ1) is 12.4. The highest BCUT2D eigenvalue weighted by Crippen LogP contribution is 2.41. The minimum Gasteiger partial charge on any atom is -0.361 e. The summed E-state index contributed by atoms with van der Waals surface area (Å²) in [6, 6.07) is 9.21. The third-order valence-electron chi connectivity index (χ3n) is 4.92. The molecule has 1 fully saturated rings. The van der Waals surface area contributed by atoms with Gasteiger partial charge in [-0.25, -0.2) is 0 Å². The fourth-order valence-corrected chi connectivity index (χ4v) is 4.07. The lowest BCUT2D eigenvalue weighted by Crippen LogP contribution is -2.40. The highest BCUT2D eigenvalue weighted by Gasteiger charge is 2.42. The van der Waals surface area contributed by atoms with E-state index >= 15 is 0 Å². The third-order valence-corrected chi connectivity index (χ3v) is 4.92. The summed E-state index contributed by atoms with van der Waals surface area (Å²) < 4.78 is 8.46. The molecule has 2 unspecified atom stereocenters. The molecule has 2 aliphatic heterocycles. The van der Waals surface area contributed by atoms with Crippen LogP contribution in [0.2, 0.25) is 0 Å². The van der Waals surface area contributed by atoms with Crippen molar-refractivity contribution in [2.24, 2.45) is 13.0 Å². The van der Waals surface area contributed by atoms with Crippen LogP contribution in [0.1, 0.15) is 31.1 Å². The fourth-order valence-electron chi connectivity index (χ4n) is 4.07. The number of fused-ring (bicyclic) bond motifs is 5. The summed E-state index contributed by atoms with van der Waals surface area (Å²) in [6.07, 6.45) is 1.42. The van der Waals surface area contributed by atoms with Crippen LogP contribution in [0.5, 0.6) is 0 Å². The molecule has 2 aliphatic rings.